The normalized spacial score (nSPS) is 25.8. The minimum Gasteiger partial charge on any atom is -0.381 e. The van der Waals surface area contributed by atoms with Crippen LogP contribution in [0.2, 0.25) is 0 Å². The van der Waals surface area contributed by atoms with Crippen LogP contribution in [0.1, 0.15) is 64.1 Å². The average molecular weight is 551 g/mol. The first-order chi connectivity index (χ1) is 19.1. The van der Waals surface area contributed by atoms with Gasteiger partial charge in [0, 0.05) is 43.9 Å². The number of hydrogen-bond acceptors (Lipinski definition) is 6. The van der Waals surface area contributed by atoms with Gasteiger partial charge in [0.25, 0.3) is 5.91 Å². The summed E-state index contributed by atoms with van der Waals surface area (Å²) in [4.78, 5) is 15.0. The van der Waals surface area contributed by atoms with E-state index in [1.54, 1.807) is 25.6 Å². The molecule has 2 aliphatic carbocycles. The van der Waals surface area contributed by atoms with Crippen molar-refractivity contribution in [3.8, 4) is 6.07 Å². The molecule has 1 N–H and O–H groups in total. The highest BCUT2D eigenvalue weighted by atomic mass is 19.4. The van der Waals surface area contributed by atoms with Gasteiger partial charge in [0.1, 0.15) is 12.2 Å². The Bertz CT molecular complexity index is 1500. The number of aromatic nitrogens is 3. The van der Waals surface area contributed by atoms with Crippen molar-refractivity contribution in [2.75, 3.05) is 12.0 Å². The highest BCUT2D eigenvalue weighted by molar-refractivity contribution is 6.10. The maximum atomic E-state index is 14.2. The third-order valence-electron chi connectivity index (χ3n) is 8.66. The van der Waals surface area contributed by atoms with Crippen LogP contribution in [0, 0.1) is 17.2 Å². The van der Waals surface area contributed by atoms with E-state index in [4.69, 9.17) is 10.00 Å². The van der Waals surface area contributed by atoms with Gasteiger partial charge in [-0.15, -0.1) is 10.2 Å². The highest BCUT2D eigenvalue weighted by Gasteiger charge is 2.50. The van der Waals surface area contributed by atoms with Crippen LogP contribution in [0.5, 0.6) is 0 Å². The summed E-state index contributed by atoms with van der Waals surface area (Å²) >= 11 is 0. The summed E-state index contributed by atoms with van der Waals surface area (Å²) in [6.45, 7) is 0.0349. The summed E-state index contributed by atoms with van der Waals surface area (Å²) in [6, 6.07) is 12.4. The number of benzene rings is 2. The Labute approximate surface area is 229 Å². The molecule has 0 unspecified atom stereocenters. The molecule has 1 aromatic heterocycles. The lowest BCUT2D eigenvalue weighted by Gasteiger charge is -2.46. The molecule has 208 valence electrons. The number of rotatable bonds is 7. The van der Waals surface area contributed by atoms with Crippen molar-refractivity contribution in [2.45, 2.75) is 62.5 Å². The van der Waals surface area contributed by atoms with Gasteiger partial charge < -0.3 is 19.5 Å². The van der Waals surface area contributed by atoms with Gasteiger partial charge in [-0.05, 0) is 66.6 Å². The minimum atomic E-state index is -4.60. The van der Waals surface area contributed by atoms with Gasteiger partial charge in [0.2, 0.25) is 0 Å². The second kappa shape index (κ2) is 9.71. The van der Waals surface area contributed by atoms with Gasteiger partial charge in [-0.1, -0.05) is 12.1 Å². The van der Waals surface area contributed by atoms with Crippen LogP contribution in [0.15, 0.2) is 42.7 Å². The molecule has 0 saturated heterocycles. The molecule has 0 radical (unpaired) electrons. The molecule has 2 aromatic carbocycles. The van der Waals surface area contributed by atoms with Gasteiger partial charge in [-0.3, -0.25) is 4.79 Å². The first-order valence-electron chi connectivity index (χ1n) is 13.3. The van der Waals surface area contributed by atoms with E-state index in [-0.39, 0.29) is 42.3 Å². The number of carbonyl (C=O) groups is 1. The third-order valence-corrected chi connectivity index (χ3v) is 8.66. The van der Waals surface area contributed by atoms with Crippen LogP contribution in [0.3, 0.4) is 0 Å². The molecule has 11 heteroatoms. The van der Waals surface area contributed by atoms with Gasteiger partial charge in [0.05, 0.1) is 29.7 Å². The lowest BCUT2D eigenvalue weighted by Crippen LogP contribution is -2.48. The molecule has 0 bridgehead atoms. The Morgan fingerprint density at radius 2 is 2.00 bits per heavy atom. The maximum Gasteiger partial charge on any atom is 0.416 e. The number of aryl methyl sites for hydroxylation is 1. The first kappa shape index (κ1) is 26.5. The van der Waals surface area contributed by atoms with E-state index in [9.17, 15) is 18.0 Å². The highest BCUT2D eigenvalue weighted by Crippen LogP contribution is 2.50. The number of ether oxygens (including phenoxy) is 1. The number of nitriles is 1. The summed E-state index contributed by atoms with van der Waals surface area (Å²) < 4.78 is 50.0. The monoisotopic (exact) mass is 550 g/mol. The number of anilines is 1. The van der Waals surface area contributed by atoms with Gasteiger partial charge in [-0.2, -0.15) is 18.4 Å². The molecule has 40 heavy (non-hydrogen) atoms. The van der Waals surface area contributed by atoms with E-state index >= 15 is 0 Å². The largest absolute Gasteiger partial charge is 0.416 e. The van der Waals surface area contributed by atoms with Crippen molar-refractivity contribution < 1.29 is 22.7 Å². The lowest BCUT2D eigenvalue weighted by molar-refractivity contribution is -0.138. The number of methoxy groups -OCH3 is 1. The van der Waals surface area contributed by atoms with Gasteiger partial charge >= 0.3 is 6.18 Å². The number of fused-ring (bicyclic) bond motifs is 1. The van der Waals surface area contributed by atoms with E-state index in [2.05, 4.69) is 21.6 Å². The molecule has 2 fully saturated rings. The van der Waals surface area contributed by atoms with Crippen LogP contribution >= 0.6 is 0 Å². The summed E-state index contributed by atoms with van der Waals surface area (Å²) in [5.41, 5.74) is 0.657. The summed E-state index contributed by atoms with van der Waals surface area (Å²) in [7, 11) is 3.54. The van der Waals surface area contributed by atoms with Crippen molar-refractivity contribution in [3.63, 3.8) is 0 Å². The van der Waals surface area contributed by atoms with E-state index in [0.29, 0.717) is 36.9 Å². The predicted molar refractivity (Wildman–Crippen MR) is 139 cm³/mol. The van der Waals surface area contributed by atoms with Crippen molar-refractivity contribution in [1.82, 2.24) is 20.1 Å². The molecule has 8 nitrogen and oxygen atoms in total. The molecule has 3 aliphatic rings. The molecular weight excluding hydrogens is 521 g/mol. The maximum absolute atomic E-state index is 14.2. The third kappa shape index (κ3) is 4.35. The molecule has 0 atom stereocenters. The fourth-order valence-corrected chi connectivity index (χ4v) is 6.30. The van der Waals surface area contributed by atoms with Crippen LogP contribution in [-0.4, -0.2) is 39.9 Å². The average Bonchev–Trinajstić information content (AvgIpc) is 3.45. The molecule has 1 aliphatic heterocycles. The fourth-order valence-electron chi connectivity index (χ4n) is 6.30. The predicted octanol–water partition coefficient (Wildman–Crippen LogP) is 4.48. The van der Waals surface area contributed by atoms with E-state index in [1.807, 2.05) is 29.8 Å². The Kier molecular flexibility index (Phi) is 6.43. The number of amides is 1. The van der Waals surface area contributed by atoms with Crippen LogP contribution in [0.25, 0.3) is 0 Å². The number of nitrogens with one attached hydrogen (secondary N) is 1. The van der Waals surface area contributed by atoms with Gasteiger partial charge in [0.15, 0.2) is 0 Å². The van der Waals surface area contributed by atoms with Crippen LogP contribution in [-0.2, 0) is 36.5 Å². The zero-order valence-corrected chi connectivity index (χ0v) is 22.2. The molecule has 1 amide bonds. The Morgan fingerprint density at radius 1 is 1.23 bits per heavy atom. The zero-order chi connectivity index (χ0) is 28.2. The molecule has 6 rings (SSSR count). The molecular formula is C29H29F3N6O2. The Morgan fingerprint density at radius 3 is 2.65 bits per heavy atom. The van der Waals surface area contributed by atoms with E-state index in [0.717, 1.165) is 17.5 Å². The molecule has 2 saturated carbocycles. The SMILES string of the molecule is COC1CC(c2cccc(N3Cc4c(cc(CNC5CC(C#N)C5)cc4C(F)(F)F)C3=O)c2)(c2nncn2C)C1. The van der Waals surface area contributed by atoms with Crippen molar-refractivity contribution in [1.29, 1.82) is 5.26 Å². The van der Waals surface area contributed by atoms with E-state index < -0.39 is 23.1 Å². The fraction of sp³-hybridized carbons (Fsp3) is 0.448. The topological polar surface area (TPSA) is 96.1 Å². The second-order valence-corrected chi connectivity index (χ2v) is 11.1. The number of hydrogen-bond donors (Lipinski definition) is 1. The molecule has 3 aromatic rings. The van der Waals surface area contributed by atoms with Crippen molar-refractivity contribution in [3.05, 3.63) is 76.4 Å². The van der Waals surface area contributed by atoms with Crippen LogP contribution < -0.4 is 10.2 Å². The van der Waals surface area contributed by atoms with Crippen molar-refractivity contribution in [2.24, 2.45) is 13.0 Å². The number of nitrogens with zero attached hydrogens (tertiary/aromatic N) is 5. The number of halogens is 3. The standard InChI is InChI=1S/C29H29F3N6O2/c1-37-16-35-36-27(37)28(11-22(12-28)40-2)19-4-3-5-21(10-19)38-15-24-23(26(38)39)8-18(9-25(24)29(30,31)32)14-34-20-6-17(7-20)13-33/h3-5,8-10,16-17,20,22,34H,6-7,11-12,14-15H2,1-2H3. The lowest BCUT2D eigenvalue weighted by atomic mass is 9.62. The summed E-state index contributed by atoms with van der Waals surface area (Å²) in [6.07, 6.45) is -0.201. The Balaban J connectivity index is 1.31. The number of alkyl halides is 3. The van der Waals surface area contributed by atoms with Crippen LogP contribution in [0.4, 0.5) is 18.9 Å². The van der Waals surface area contributed by atoms with E-state index in [1.165, 1.54) is 4.90 Å². The first-order valence-corrected chi connectivity index (χ1v) is 13.3. The quantitative estimate of drug-likeness (QED) is 0.466. The molecule has 0 spiro atoms. The smallest absolute Gasteiger partial charge is 0.381 e. The Hall–Kier alpha value is -3.75. The minimum absolute atomic E-state index is 0.00838. The van der Waals surface area contributed by atoms with Gasteiger partial charge in [-0.25, -0.2) is 0 Å². The molecule has 2 heterocycles. The summed E-state index contributed by atoms with van der Waals surface area (Å²) in [5.74, 6) is 0.309. The zero-order valence-electron chi connectivity index (χ0n) is 22.2. The summed E-state index contributed by atoms with van der Waals surface area (Å²) in [5, 5.41) is 20.6. The number of carbonyl (C=O) groups excluding carboxylic acids is 1. The second-order valence-electron chi connectivity index (χ2n) is 11.1. The van der Waals surface area contributed by atoms with Crippen molar-refractivity contribution >= 4 is 11.6 Å².